The van der Waals surface area contributed by atoms with E-state index in [2.05, 4.69) is 9.50 Å². The number of aliphatic carboxylic acids is 2. The van der Waals surface area contributed by atoms with Crippen LogP contribution in [-0.2, 0) is 72.4 Å². The monoisotopic (exact) mass is 894 g/mol. The smallest absolute Gasteiger partial charge is 0.397 e. The number of nitrogens with one attached hydrogen (secondary N) is 2. The van der Waals surface area contributed by atoms with E-state index >= 15 is 0 Å². The third-order valence-electron chi connectivity index (χ3n) is 9.06. The Hall–Kier alpha value is -2.49. The van der Waals surface area contributed by atoms with Crippen LogP contribution in [0.3, 0.4) is 0 Å². The van der Waals surface area contributed by atoms with Crippen molar-refractivity contribution in [1.29, 1.82) is 0 Å². The van der Waals surface area contributed by atoms with Gasteiger partial charge in [-0.3, -0.25) is 13.9 Å². The van der Waals surface area contributed by atoms with Crippen LogP contribution in [0.5, 0.6) is 0 Å². The van der Waals surface area contributed by atoms with E-state index in [4.69, 9.17) is 33.2 Å². The SMILES string of the molecule is CC(=O)N[C@@H]1[C@@H](O[C@@H]2O[C@H](C(=O)O)[C@@H](O[C@H]3O[C@H](COS(=O)(=O)O)[C@@H](O[C@@H]4O[C@H](C(=O)O)[C@@H](O)[C@H](O)[C@H]4O)[C@H](O)[C@H]3NS(=O)(=O)O)[C@H](O)[C@H]2O)[C@H](O)[C@@H](CO)O[C@H]1O. The largest absolute Gasteiger partial charge is 0.479 e. The molecule has 4 saturated heterocycles. The van der Waals surface area contributed by atoms with Crippen LogP contribution in [0.25, 0.3) is 0 Å². The van der Waals surface area contributed by atoms with Crippen LogP contribution in [0, 0.1) is 0 Å². The molecule has 4 aliphatic heterocycles. The number of hydrogen-bond donors (Lipinski definition) is 15. The normalized spacial score (nSPS) is 44.0. The Morgan fingerprint density at radius 2 is 1.14 bits per heavy atom. The van der Waals surface area contributed by atoms with E-state index < -0.39 is 174 Å². The highest BCUT2D eigenvalue weighted by Gasteiger charge is 2.57. The Balaban J connectivity index is 1.67. The van der Waals surface area contributed by atoms with Crippen LogP contribution < -0.4 is 10.0 Å². The Kier molecular flexibility index (Phi) is 15.8. The number of carbonyl (C=O) groups excluding carboxylic acids is 1. The molecule has 0 aromatic carbocycles. The summed E-state index contributed by atoms with van der Waals surface area (Å²) < 4.78 is 108. The summed E-state index contributed by atoms with van der Waals surface area (Å²) >= 11 is 0. The second-order valence-corrected chi connectivity index (χ2v) is 15.4. The standard InChI is InChI=1S/C26H42N2O28S2/c1-4(30)27-8-17(9(31)5(2-29)50-23(8)42)53-26-15(37)13(35)18(20(56-26)22(40)41)54-24-7(28-57(43,44)45)10(32)16(6(51-24)3-49-58(46,47)48)52-25-14(36)11(33)12(34)19(55-25)21(38)39/h5-20,23-26,28-29,31-37,42H,2-3H2,1H3,(H,27,30)(H,38,39)(H,40,41)(H,43,44,45)(H,46,47,48)/t5-,6-,7-,8-,9-,10-,11+,12+,13-,14-,15-,16-,17-,18+,19+,20+,23-,24-,25-,26-/m1/s1. The molecule has 20 atom stereocenters. The third kappa shape index (κ3) is 11.3. The predicted octanol–water partition coefficient (Wildman–Crippen LogP) is -10.2. The van der Waals surface area contributed by atoms with Crippen LogP contribution in [0.15, 0.2) is 0 Å². The van der Waals surface area contributed by atoms with Crippen molar-refractivity contribution < 1.29 is 134 Å². The van der Waals surface area contributed by atoms with Crippen molar-refractivity contribution in [2.75, 3.05) is 13.2 Å². The fourth-order valence-electron chi connectivity index (χ4n) is 6.35. The Labute approximate surface area is 325 Å². The van der Waals surface area contributed by atoms with Gasteiger partial charge in [-0.2, -0.15) is 21.6 Å². The minimum absolute atomic E-state index is 0.822. The molecule has 58 heavy (non-hydrogen) atoms. The van der Waals surface area contributed by atoms with Gasteiger partial charge in [0.25, 0.3) is 0 Å². The van der Waals surface area contributed by atoms with E-state index in [0.29, 0.717) is 0 Å². The summed E-state index contributed by atoms with van der Waals surface area (Å²) in [5, 5.41) is 116. The zero-order chi connectivity index (χ0) is 43.8. The summed E-state index contributed by atoms with van der Waals surface area (Å²) in [5.41, 5.74) is 0. The number of carboxylic acid groups (broad SMARTS) is 2. The molecule has 4 fully saturated rings. The molecule has 0 spiro atoms. The molecule has 0 unspecified atom stereocenters. The van der Waals surface area contributed by atoms with Gasteiger partial charge in [-0.25, -0.2) is 13.8 Å². The van der Waals surface area contributed by atoms with E-state index in [1.807, 2.05) is 0 Å². The van der Waals surface area contributed by atoms with Crippen molar-refractivity contribution in [2.45, 2.75) is 130 Å². The average molecular weight is 895 g/mol. The molecule has 4 heterocycles. The molecular weight excluding hydrogens is 852 g/mol. The van der Waals surface area contributed by atoms with Crippen molar-refractivity contribution >= 4 is 38.5 Å². The average Bonchev–Trinajstić information content (AvgIpc) is 3.11. The van der Waals surface area contributed by atoms with Gasteiger partial charge in [-0.1, -0.05) is 0 Å². The van der Waals surface area contributed by atoms with Gasteiger partial charge >= 0.3 is 32.6 Å². The summed E-state index contributed by atoms with van der Waals surface area (Å²) in [5.74, 6) is -4.78. The molecule has 0 aliphatic carbocycles. The molecular formula is C26H42N2O28S2. The molecule has 4 aliphatic rings. The first-order valence-electron chi connectivity index (χ1n) is 16.5. The first-order valence-corrected chi connectivity index (χ1v) is 19.3. The maximum atomic E-state index is 12.5. The van der Waals surface area contributed by atoms with Gasteiger partial charge in [0.05, 0.1) is 13.2 Å². The molecule has 30 nitrogen and oxygen atoms in total. The molecule has 0 bridgehead atoms. The maximum Gasteiger partial charge on any atom is 0.397 e. The number of hydrogen-bond acceptors (Lipinski definition) is 24. The van der Waals surface area contributed by atoms with Crippen LogP contribution >= 0.6 is 0 Å². The highest BCUT2D eigenvalue weighted by atomic mass is 32.3. The Morgan fingerprint density at radius 1 is 0.603 bits per heavy atom. The van der Waals surface area contributed by atoms with Crippen molar-refractivity contribution in [2.24, 2.45) is 0 Å². The molecule has 1 amide bonds. The summed E-state index contributed by atoms with van der Waals surface area (Å²) in [7, 11) is -10.9. The van der Waals surface area contributed by atoms with E-state index in [1.165, 1.54) is 4.72 Å². The maximum absolute atomic E-state index is 12.5. The van der Waals surface area contributed by atoms with Gasteiger partial charge in [0, 0.05) is 6.92 Å². The predicted molar refractivity (Wildman–Crippen MR) is 169 cm³/mol. The van der Waals surface area contributed by atoms with Crippen LogP contribution in [0.2, 0.25) is 0 Å². The van der Waals surface area contributed by atoms with Gasteiger partial charge in [0.1, 0.15) is 85.3 Å². The number of aliphatic hydroxyl groups is 9. The van der Waals surface area contributed by atoms with Crippen LogP contribution in [-0.4, -0.2) is 236 Å². The van der Waals surface area contributed by atoms with Gasteiger partial charge in [0.2, 0.25) is 5.91 Å². The molecule has 15 N–H and O–H groups in total. The minimum Gasteiger partial charge on any atom is -0.479 e. The lowest BCUT2D eigenvalue weighted by Gasteiger charge is -2.49. The molecule has 0 aromatic heterocycles. The highest BCUT2D eigenvalue weighted by molar-refractivity contribution is 7.83. The molecule has 32 heteroatoms. The quantitative estimate of drug-likeness (QED) is 0.0679. The van der Waals surface area contributed by atoms with E-state index in [1.54, 1.807) is 0 Å². The summed E-state index contributed by atoms with van der Waals surface area (Å²) in [6.45, 7) is -1.42. The number of ether oxygens (including phenoxy) is 7. The number of amides is 1. The summed E-state index contributed by atoms with van der Waals surface area (Å²) in [4.78, 5) is 35.9. The molecule has 0 radical (unpaired) electrons. The van der Waals surface area contributed by atoms with Crippen molar-refractivity contribution in [3.8, 4) is 0 Å². The summed E-state index contributed by atoms with van der Waals surface area (Å²) in [6, 6.07) is -4.15. The zero-order valence-electron chi connectivity index (χ0n) is 29.2. The second kappa shape index (κ2) is 19.1. The topological polar surface area (TPSA) is 480 Å². The first-order chi connectivity index (χ1) is 26.8. The molecule has 0 saturated carbocycles. The Morgan fingerprint density at radius 3 is 1.66 bits per heavy atom. The zero-order valence-corrected chi connectivity index (χ0v) is 30.8. The van der Waals surface area contributed by atoms with Gasteiger partial charge in [-0.15, -0.1) is 0 Å². The summed E-state index contributed by atoms with van der Waals surface area (Å²) in [6.07, 6.45) is -41.0. The van der Waals surface area contributed by atoms with Gasteiger partial charge in [0.15, 0.2) is 37.4 Å². The number of carboxylic acids is 2. The lowest BCUT2D eigenvalue weighted by Crippen LogP contribution is -2.70. The number of aliphatic hydroxyl groups excluding tert-OH is 9. The first kappa shape index (κ1) is 48.2. The van der Waals surface area contributed by atoms with Gasteiger partial charge < -0.3 is 94.6 Å². The van der Waals surface area contributed by atoms with Crippen molar-refractivity contribution in [3.05, 3.63) is 0 Å². The lowest BCUT2D eigenvalue weighted by atomic mass is 9.94. The van der Waals surface area contributed by atoms with E-state index in [-0.39, 0.29) is 0 Å². The fourth-order valence-corrected chi connectivity index (χ4v) is 7.25. The lowest BCUT2D eigenvalue weighted by molar-refractivity contribution is -0.369. The molecule has 0 aromatic rings. The van der Waals surface area contributed by atoms with E-state index in [0.717, 1.165) is 6.92 Å². The van der Waals surface area contributed by atoms with Crippen molar-refractivity contribution in [1.82, 2.24) is 10.0 Å². The second-order valence-electron chi connectivity index (χ2n) is 13.1. The third-order valence-corrected chi connectivity index (χ3v) is 10.1. The number of carbonyl (C=O) groups is 3. The number of rotatable bonds is 15. The fraction of sp³-hybridized carbons (Fsp3) is 0.885. The minimum atomic E-state index is -5.50. The molecule has 4 rings (SSSR count). The van der Waals surface area contributed by atoms with Gasteiger partial charge in [-0.05, 0) is 0 Å². The molecule has 336 valence electrons. The van der Waals surface area contributed by atoms with Crippen LogP contribution in [0.4, 0.5) is 0 Å². The Bertz CT molecular complexity index is 1670. The van der Waals surface area contributed by atoms with E-state index in [9.17, 15) is 96.5 Å². The van der Waals surface area contributed by atoms with Crippen LogP contribution in [0.1, 0.15) is 6.92 Å². The highest BCUT2D eigenvalue weighted by Crippen LogP contribution is 2.35. The van der Waals surface area contributed by atoms with Crippen molar-refractivity contribution in [3.63, 3.8) is 0 Å².